The largest absolute Gasteiger partial charge is 0.497 e. The number of hydrogen-bond donors (Lipinski definition) is 1. The van der Waals surface area contributed by atoms with Crippen LogP contribution >= 0.6 is 11.8 Å². The van der Waals surface area contributed by atoms with Crippen LogP contribution in [0.1, 0.15) is 5.56 Å². The highest BCUT2D eigenvalue weighted by Gasteiger charge is 2.18. The van der Waals surface area contributed by atoms with Crippen LogP contribution in [0.15, 0.2) is 71.9 Å². The van der Waals surface area contributed by atoms with Crippen molar-refractivity contribution in [2.24, 2.45) is 0 Å². The van der Waals surface area contributed by atoms with E-state index in [9.17, 15) is 4.79 Å². The lowest BCUT2D eigenvalue weighted by molar-refractivity contribution is -0.118. The molecule has 9 nitrogen and oxygen atoms in total. The van der Waals surface area contributed by atoms with Gasteiger partial charge in [0, 0.05) is 17.8 Å². The van der Waals surface area contributed by atoms with Crippen LogP contribution in [0.25, 0.3) is 17.1 Å². The first-order valence-electron chi connectivity index (χ1n) is 11.9. The Morgan fingerprint density at radius 1 is 0.842 bits per heavy atom. The Morgan fingerprint density at radius 3 is 2.32 bits per heavy atom. The number of carbonyl (C=O) groups excluding carboxylic acids is 1. The first-order valence-corrected chi connectivity index (χ1v) is 12.9. The maximum atomic E-state index is 12.7. The van der Waals surface area contributed by atoms with E-state index in [0.717, 1.165) is 28.3 Å². The molecule has 0 saturated heterocycles. The number of thioether (sulfide) groups is 1. The van der Waals surface area contributed by atoms with E-state index in [4.69, 9.17) is 18.9 Å². The number of ether oxygens (including phenoxy) is 4. The van der Waals surface area contributed by atoms with Crippen LogP contribution in [0.5, 0.6) is 23.0 Å². The molecule has 0 aliphatic carbocycles. The number of benzene rings is 3. The standard InChI is InChI=1S/C28H30N4O5S/c1-34-22-11-9-21(10-12-22)32-27(20-6-5-7-23(17-20)35-2)30-31-28(32)38-18-26(33)29-15-14-19-8-13-24(36-3)25(16-19)37-4/h5-13,16-17H,14-15,18H2,1-4H3,(H,29,33). The summed E-state index contributed by atoms with van der Waals surface area (Å²) >= 11 is 1.32. The van der Waals surface area contributed by atoms with Crippen LogP contribution in [-0.2, 0) is 11.2 Å². The van der Waals surface area contributed by atoms with Gasteiger partial charge in [-0.15, -0.1) is 10.2 Å². The molecule has 198 valence electrons. The van der Waals surface area contributed by atoms with Crippen LogP contribution in [-0.4, -0.2) is 61.4 Å². The predicted molar refractivity (Wildman–Crippen MR) is 147 cm³/mol. The van der Waals surface area contributed by atoms with Gasteiger partial charge in [0.25, 0.3) is 0 Å². The van der Waals surface area contributed by atoms with Crippen molar-refractivity contribution in [1.82, 2.24) is 20.1 Å². The van der Waals surface area contributed by atoms with Crippen LogP contribution in [0.3, 0.4) is 0 Å². The monoisotopic (exact) mass is 534 g/mol. The van der Waals surface area contributed by atoms with Crippen LogP contribution in [0, 0.1) is 0 Å². The summed E-state index contributed by atoms with van der Waals surface area (Å²) < 4.78 is 23.3. The lowest BCUT2D eigenvalue weighted by atomic mass is 10.1. The number of rotatable bonds is 12. The molecule has 3 aromatic carbocycles. The van der Waals surface area contributed by atoms with Crippen molar-refractivity contribution in [2.45, 2.75) is 11.6 Å². The summed E-state index contributed by atoms with van der Waals surface area (Å²) in [7, 11) is 6.45. The Kier molecular flexibility index (Phi) is 9.10. The second-order valence-electron chi connectivity index (χ2n) is 8.15. The van der Waals surface area contributed by atoms with Crippen molar-refractivity contribution < 1.29 is 23.7 Å². The molecule has 0 fully saturated rings. The molecular formula is C28H30N4O5S. The second kappa shape index (κ2) is 12.9. The number of aromatic nitrogens is 3. The molecule has 4 rings (SSSR count). The molecule has 0 unspecified atom stereocenters. The second-order valence-corrected chi connectivity index (χ2v) is 9.09. The van der Waals surface area contributed by atoms with Crippen molar-refractivity contribution in [3.63, 3.8) is 0 Å². The molecule has 38 heavy (non-hydrogen) atoms. The molecule has 1 aromatic heterocycles. The molecule has 1 heterocycles. The van der Waals surface area contributed by atoms with Gasteiger partial charge in [-0.2, -0.15) is 0 Å². The fourth-order valence-corrected chi connectivity index (χ4v) is 4.62. The van der Waals surface area contributed by atoms with E-state index in [2.05, 4.69) is 15.5 Å². The van der Waals surface area contributed by atoms with E-state index in [0.29, 0.717) is 35.4 Å². The Morgan fingerprint density at radius 2 is 1.61 bits per heavy atom. The van der Waals surface area contributed by atoms with Crippen molar-refractivity contribution in [3.8, 4) is 40.1 Å². The highest BCUT2D eigenvalue weighted by molar-refractivity contribution is 7.99. The lowest BCUT2D eigenvalue weighted by Crippen LogP contribution is -2.27. The number of amides is 1. The Bertz CT molecular complexity index is 1370. The lowest BCUT2D eigenvalue weighted by Gasteiger charge is -2.12. The summed E-state index contributed by atoms with van der Waals surface area (Å²) in [6.07, 6.45) is 0.665. The third-order valence-corrected chi connectivity index (χ3v) is 6.74. The Labute approximate surface area is 226 Å². The fourth-order valence-electron chi connectivity index (χ4n) is 3.84. The molecular weight excluding hydrogens is 504 g/mol. The molecule has 0 radical (unpaired) electrons. The van der Waals surface area contributed by atoms with Gasteiger partial charge in [-0.25, -0.2) is 0 Å². The van der Waals surface area contributed by atoms with Crippen molar-refractivity contribution >= 4 is 17.7 Å². The molecule has 1 amide bonds. The Hall–Kier alpha value is -4.18. The van der Waals surface area contributed by atoms with Crippen molar-refractivity contribution in [3.05, 3.63) is 72.3 Å². The van der Waals surface area contributed by atoms with Gasteiger partial charge in [0.15, 0.2) is 22.5 Å². The molecule has 0 aliphatic heterocycles. The normalized spacial score (nSPS) is 10.6. The quantitative estimate of drug-likeness (QED) is 0.267. The smallest absolute Gasteiger partial charge is 0.230 e. The van der Waals surface area contributed by atoms with Gasteiger partial charge < -0.3 is 24.3 Å². The summed E-state index contributed by atoms with van der Waals surface area (Å²) in [4.78, 5) is 12.7. The number of nitrogens with one attached hydrogen (secondary N) is 1. The van der Waals surface area contributed by atoms with Gasteiger partial charge in [-0.05, 0) is 60.5 Å². The highest BCUT2D eigenvalue weighted by atomic mass is 32.2. The van der Waals surface area contributed by atoms with Crippen LogP contribution in [0.4, 0.5) is 0 Å². The minimum absolute atomic E-state index is 0.0947. The van der Waals surface area contributed by atoms with E-state index in [1.807, 2.05) is 71.3 Å². The zero-order chi connectivity index (χ0) is 26.9. The fraction of sp³-hybridized carbons (Fsp3) is 0.250. The van der Waals surface area contributed by atoms with E-state index in [1.165, 1.54) is 11.8 Å². The third-order valence-electron chi connectivity index (χ3n) is 5.81. The molecule has 0 atom stereocenters. The van der Waals surface area contributed by atoms with Crippen LogP contribution < -0.4 is 24.3 Å². The predicted octanol–water partition coefficient (Wildman–Crippen LogP) is 4.42. The van der Waals surface area contributed by atoms with Crippen LogP contribution in [0.2, 0.25) is 0 Å². The van der Waals surface area contributed by atoms with E-state index in [-0.39, 0.29) is 11.7 Å². The van der Waals surface area contributed by atoms with Crippen molar-refractivity contribution in [1.29, 1.82) is 0 Å². The summed E-state index contributed by atoms with van der Waals surface area (Å²) in [6, 6.07) is 21.0. The van der Waals surface area contributed by atoms with Crippen molar-refractivity contribution in [2.75, 3.05) is 40.7 Å². The minimum Gasteiger partial charge on any atom is -0.497 e. The summed E-state index contributed by atoms with van der Waals surface area (Å²) in [6.45, 7) is 0.495. The SMILES string of the molecule is COc1ccc(-n2c(SCC(=O)NCCc3ccc(OC)c(OC)c3)nnc2-c2cccc(OC)c2)cc1. The Balaban J connectivity index is 1.46. The van der Waals surface area contributed by atoms with E-state index in [1.54, 1.807) is 28.4 Å². The van der Waals surface area contributed by atoms with Gasteiger partial charge in [0.1, 0.15) is 11.5 Å². The van der Waals surface area contributed by atoms with E-state index < -0.39 is 0 Å². The number of carbonyl (C=O) groups is 1. The summed E-state index contributed by atoms with van der Waals surface area (Å²) in [5.41, 5.74) is 2.74. The number of nitrogens with zero attached hydrogens (tertiary/aromatic N) is 3. The molecule has 0 saturated carbocycles. The average molecular weight is 535 g/mol. The summed E-state index contributed by atoms with van der Waals surface area (Å²) in [5, 5.41) is 12.4. The van der Waals surface area contributed by atoms with Gasteiger partial charge in [-0.3, -0.25) is 9.36 Å². The van der Waals surface area contributed by atoms with Gasteiger partial charge >= 0.3 is 0 Å². The van der Waals surface area contributed by atoms with Gasteiger partial charge in [-0.1, -0.05) is 30.0 Å². The number of hydrogen-bond acceptors (Lipinski definition) is 8. The molecule has 0 bridgehead atoms. The van der Waals surface area contributed by atoms with Gasteiger partial charge in [0.2, 0.25) is 5.91 Å². The zero-order valence-electron chi connectivity index (χ0n) is 21.8. The average Bonchev–Trinajstić information content (AvgIpc) is 3.40. The molecule has 4 aromatic rings. The first-order chi connectivity index (χ1) is 18.6. The van der Waals surface area contributed by atoms with E-state index >= 15 is 0 Å². The zero-order valence-corrected chi connectivity index (χ0v) is 22.6. The highest BCUT2D eigenvalue weighted by Crippen LogP contribution is 2.31. The third kappa shape index (κ3) is 6.38. The first kappa shape index (κ1) is 26.9. The molecule has 10 heteroatoms. The summed E-state index contributed by atoms with van der Waals surface area (Å²) in [5.74, 6) is 3.54. The minimum atomic E-state index is -0.0947. The molecule has 0 spiro atoms. The maximum absolute atomic E-state index is 12.7. The molecule has 1 N–H and O–H groups in total. The molecule has 0 aliphatic rings. The topological polar surface area (TPSA) is 96.7 Å². The number of methoxy groups -OCH3 is 4. The maximum Gasteiger partial charge on any atom is 0.230 e. The van der Waals surface area contributed by atoms with Gasteiger partial charge in [0.05, 0.1) is 34.2 Å².